The maximum absolute atomic E-state index is 2.94. The molecule has 1 unspecified atom stereocenters. The van der Waals surface area contributed by atoms with Gasteiger partial charge in [-0.2, -0.15) is 0 Å². The highest BCUT2D eigenvalue weighted by Gasteiger charge is 2.39. The highest BCUT2D eigenvalue weighted by Crippen LogP contribution is 2.59. The molecule has 280 valence electrons. The molecule has 0 aliphatic rings. The lowest BCUT2D eigenvalue weighted by Crippen LogP contribution is -2.43. The summed E-state index contributed by atoms with van der Waals surface area (Å²) < 4.78 is 5.87. The molecule has 0 N–H and O–H groups in total. The third-order valence-electron chi connectivity index (χ3n) is 9.70. The Bertz CT molecular complexity index is 2030. The van der Waals surface area contributed by atoms with Crippen molar-refractivity contribution in [3.63, 3.8) is 0 Å². The summed E-state index contributed by atoms with van der Waals surface area (Å²) in [6.07, 6.45) is 0. The second-order valence-electron chi connectivity index (χ2n) is 13.7. The highest BCUT2D eigenvalue weighted by molar-refractivity contribution is 7.85. The molecule has 0 bridgehead atoms. The first kappa shape index (κ1) is 39.2. The van der Waals surface area contributed by atoms with Gasteiger partial charge in [-0.1, -0.05) is 243 Å². The fraction of sp³-hybridized carbons (Fsp3) is 0.0588. The van der Waals surface area contributed by atoms with Crippen molar-refractivity contribution in [3.05, 3.63) is 243 Å². The first-order valence-electron chi connectivity index (χ1n) is 19.4. The van der Waals surface area contributed by atoms with Gasteiger partial charge in [0, 0.05) is 44.9 Å². The lowest BCUT2D eigenvalue weighted by molar-refractivity contribution is 0.479. The molecule has 8 aromatic carbocycles. The van der Waals surface area contributed by atoms with Crippen LogP contribution in [0.3, 0.4) is 0 Å². The fourth-order valence-electron chi connectivity index (χ4n) is 7.20. The van der Waals surface area contributed by atoms with Crippen molar-refractivity contribution in [2.45, 2.75) is 13.0 Å². The predicted octanol–water partition coefficient (Wildman–Crippen LogP) is 10.2. The first-order valence-corrected chi connectivity index (χ1v) is 24.6. The molecule has 57 heavy (non-hydrogen) atoms. The second kappa shape index (κ2) is 19.7. The van der Waals surface area contributed by atoms with Crippen LogP contribution in [0.15, 0.2) is 243 Å². The predicted molar refractivity (Wildman–Crippen MR) is 254 cm³/mol. The van der Waals surface area contributed by atoms with Crippen LogP contribution in [-0.2, 0) is 0 Å². The molecule has 0 fully saturated rings. The van der Waals surface area contributed by atoms with Crippen LogP contribution in [0.1, 0.15) is 6.92 Å². The van der Waals surface area contributed by atoms with Gasteiger partial charge in [-0.25, -0.2) is 8.88 Å². The molecular formula is C51H46N2P4. The Kier molecular flexibility index (Phi) is 13.6. The quantitative estimate of drug-likeness (QED) is 0.0952. The van der Waals surface area contributed by atoms with Crippen LogP contribution in [0.25, 0.3) is 0 Å². The van der Waals surface area contributed by atoms with E-state index in [1.807, 2.05) is 0 Å². The van der Waals surface area contributed by atoms with Crippen molar-refractivity contribution in [1.82, 2.24) is 8.88 Å². The molecule has 6 heteroatoms. The Morgan fingerprint density at radius 3 is 0.649 bits per heavy atom. The minimum Gasteiger partial charge on any atom is -0.243 e. The van der Waals surface area contributed by atoms with E-state index in [0.717, 1.165) is 6.54 Å². The summed E-state index contributed by atoms with van der Waals surface area (Å²) >= 11 is 0. The molecule has 0 saturated heterocycles. The molecule has 0 spiro atoms. The van der Waals surface area contributed by atoms with Gasteiger partial charge in [0.15, 0.2) is 0 Å². The highest BCUT2D eigenvalue weighted by atomic mass is 31.2. The van der Waals surface area contributed by atoms with Crippen LogP contribution in [0.2, 0.25) is 0 Å². The van der Waals surface area contributed by atoms with E-state index >= 15 is 0 Å². The topological polar surface area (TPSA) is 6.48 Å². The van der Waals surface area contributed by atoms with Crippen LogP contribution >= 0.6 is 32.3 Å². The summed E-state index contributed by atoms with van der Waals surface area (Å²) in [6.45, 7) is 3.35. The number of nitrogens with zero attached hydrogens (tertiary/aromatic N) is 2. The van der Waals surface area contributed by atoms with Crippen LogP contribution in [0.4, 0.5) is 0 Å². The molecule has 0 radical (unpaired) electrons. The Labute approximate surface area is 344 Å². The molecule has 0 aromatic heterocycles. The lowest BCUT2D eigenvalue weighted by Gasteiger charge is -2.46. The summed E-state index contributed by atoms with van der Waals surface area (Å²) in [5.41, 5.74) is 0. The number of hydrogen-bond donors (Lipinski definition) is 0. The summed E-state index contributed by atoms with van der Waals surface area (Å²) in [7, 11) is -3.88. The minimum atomic E-state index is -0.977. The Morgan fingerprint density at radius 2 is 0.456 bits per heavy atom. The molecule has 8 aromatic rings. The molecule has 0 aliphatic heterocycles. The van der Waals surface area contributed by atoms with Gasteiger partial charge in [-0.15, -0.1) is 0 Å². The second-order valence-corrected chi connectivity index (χ2v) is 22.7. The van der Waals surface area contributed by atoms with Gasteiger partial charge in [0.25, 0.3) is 0 Å². The van der Waals surface area contributed by atoms with Crippen molar-refractivity contribution in [2.75, 3.05) is 6.54 Å². The van der Waals surface area contributed by atoms with E-state index in [2.05, 4.69) is 258 Å². The minimum absolute atomic E-state index is 0.123. The Balaban J connectivity index is 1.38. The number of benzene rings is 8. The van der Waals surface area contributed by atoms with E-state index in [-0.39, 0.29) is 6.04 Å². The summed E-state index contributed by atoms with van der Waals surface area (Å²) in [6, 6.07) is 90.2. The fourth-order valence-corrected chi connectivity index (χ4v) is 19.7. The summed E-state index contributed by atoms with van der Waals surface area (Å²) in [5, 5.41) is 10.9. The third kappa shape index (κ3) is 9.42. The number of rotatable bonds is 15. The standard InChI is InChI=1S/C51H46N2P4/c1-43(53(56(48-34-18-6-19-35-48)49-36-20-7-21-37-49)57(50-38-22-8-23-39-50)51-40-24-9-25-41-51)42-52(54(44-26-10-2-11-27-44)45-28-12-3-13-29-45)55(46-30-14-4-15-31-46)47-32-16-5-17-33-47/h2-41,43H,42H2,1H3. The SMILES string of the molecule is CC(CN(P(c1ccccc1)c1ccccc1)P(c1ccccc1)c1ccccc1)N(P(c1ccccc1)c1ccccc1)P(c1ccccc1)c1ccccc1. The molecule has 0 saturated carbocycles. The molecule has 0 heterocycles. The average molecular weight is 811 g/mol. The van der Waals surface area contributed by atoms with Crippen molar-refractivity contribution in [1.29, 1.82) is 0 Å². The zero-order chi connectivity index (χ0) is 38.7. The van der Waals surface area contributed by atoms with Gasteiger partial charge >= 0.3 is 0 Å². The maximum Gasteiger partial charge on any atom is 0.0326 e. The molecule has 0 amide bonds. The molecule has 2 nitrogen and oxygen atoms in total. The van der Waals surface area contributed by atoms with Gasteiger partial charge in [-0.3, -0.25) is 0 Å². The van der Waals surface area contributed by atoms with Crippen molar-refractivity contribution in [2.24, 2.45) is 0 Å². The maximum atomic E-state index is 2.94. The molecule has 0 aliphatic carbocycles. The van der Waals surface area contributed by atoms with Gasteiger partial charge in [0.2, 0.25) is 0 Å². The van der Waals surface area contributed by atoms with Gasteiger partial charge in [-0.05, 0) is 49.4 Å². The van der Waals surface area contributed by atoms with Crippen LogP contribution < -0.4 is 42.4 Å². The first-order chi connectivity index (χ1) is 28.3. The van der Waals surface area contributed by atoms with E-state index < -0.39 is 32.3 Å². The summed E-state index contributed by atoms with van der Waals surface area (Å²) in [4.78, 5) is 0. The van der Waals surface area contributed by atoms with Crippen LogP contribution in [0, 0.1) is 0 Å². The van der Waals surface area contributed by atoms with E-state index in [9.17, 15) is 0 Å². The number of hydrogen-bond acceptors (Lipinski definition) is 2. The van der Waals surface area contributed by atoms with Crippen molar-refractivity contribution in [3.8, 4) is 0 Å². The lowest BCUT2D eigenvalue weighted by atomic mass is 10.4. The average Bonchev–Trinajstić information content (AvgIpc) is 3.29. The Morgan fingerprint density at radius 1 is 0.281 bits per heavy atom. The zero-order valence-electron chi connectivity index (χ0n) is 32.1. The third-order valence-corrected chi connectivity index (χ3v) is 21.0. The van der Waals surface area contributed by atoms with Gasteiger partial charge < -0.3 is 0 Å². The largest absolute Gasteiger partial charge is 0.243 e. The Hall–Kier alpha value is -4.60. The van der Waals surface area contributed by atoms with E-state index in [4.69, 9.17) is 0 Å². The van der Waals surface area contributed by atoms with Crippen LogP contribution in [0.5, 0.6) is 0 Å². The van der Waals surface area contributed by atoms with E-state index in [1.165, 1.54) is 42.4 Å². The molecule has 8 rings (SSSR count). The van der Waals surface area contributed by atoms with Crippen molar-refractivity contribution >= 4 is 74.7 Å². The summed E-state index contributed by atoms with van der Waals surface area (Å²) in [5.74, 6) is 0. The zero-order valence-corrected chi connectivity index (χ0v) is 35.6. The van der Waals surface area contributed by atoms with E-state index in [0.29, 0.717) is 0 Å². The monoisotopic (exact) mass is 810 g/mol. The van der Waals surface area contributed by atoms with Crippen LogP contribution in [-0.4, -0.2) is 21.5 Å². The molecule has 1 atom stereocenters. The van der Waals surface area contributed by atoms with Gasteiger partial charge in [0.1, 0.15) is 0 Å². The van der Waals surface area contributed by atoms with E-state index in [1.54, 1.807) is 0 Å². The molecular weight excluding hydrogens is 764 g/mol. The normalized spacial score (nSPS) is 12.2. The van der Waals surface area contributed by atoms with Crippen molar-refractivity contribution < 1.29 is 0 Å². The van der Waals surface area contributed by atoms with Gasteiger partial charge in [0.05, 0.1) is 0 Å². The smallest absolute Gasteiger partial charge is 0.0326 e.